The molecule has 4 saturated carbocycles. The van der Waals surface area contributed by atoms with Crippen LogP contribution in [0.15, 0.2) is 5.18 Å². The third-order valence-corrected chi connectivity index (χ3v) is 7.04. The van der Waals surface area contributed by atoms with E-state index in [4.69, 9.17) is 4.74 Å². The van der Waals surface area contributed by atoms with Crippen LogP contribution in [0.4, 0.5) is 0 Å². The highest BCUT2D eigenvalue weighted by Gasteiger charge is 2.70. The molecule has 4 heteroatoms. The van der Waals surface area contributed by atoms with Crippen LogP contribution in [0.25, 0.3) is 0 Å². The number of ether oxygens (including phenoxy) is 1. The molecule has 4 atom stereocenters. The number of hydrogen-bond acceptors (Lipinski definition) is 4. The third kappa shape index (κ3) is 2.94. The minimum absolute atomic E-state index is 0.0255. The Morgan fingerprint density at radius 2 is 1.71 bits per heavy atom. The van der Waals surface area contributed by atoms with Gasteiger partial charge in [0.15, 0.2) is 6.29 Å². The molecule has 4 bridgehead atoms. The van der Waals surface area contributed by atoms with E-state index in [1.54, 1.807) is 0 Å². The van der Waals surface area contributed by atoms with Crippen LogP contribution in [-0.2, 0) is 4.74 Å². The van der Waals surface area contributed by atoms with Crippen molar-refractivity contribution in [1.82, 2.24) is 0 Å². The van der Waals surface area contributed by atoms with Gasteiger partial charge in [-0.25, -0.2) is 0 Å². The first-order chi connectivity index (χ1) is 11.1. The predicted octanol–water partition coefficient (Wildman–Crippen LogP) is 4.89. The van der Waals surface area contributed by atoms with Crippen molar-refractivity contribution in [2.24, 2.45) is 34.3 Å². The second kappa shape index (κ2) is 6.05. The topological polar surface area (TPSA) is 58.9 Å². The summed E-state index contributed by atoms with van der Waals surface area (Å²) in [6.45, 7) is 11.0. The molecule has 0 radical (unpaired) electrons. The monoisotopic (exact) mass is 337 g/mol. The first-order valence-corrected chi connectivity index (χ1v) is 9.81. The standard InChI is InChI=1S/C20H35NO3/c1-13(2)6-7-16(18(3,4)5)17(22)24-20-11-14-8-15(12-20)10-19(20,9-14)21-23/h13-17,22H,6-12H2,1-5H3. The molecule has 4 aliphatic carbocycles. The zero-order valence-electron chi connectivity index (χ0n) is 16.0. The van der Waals surface area contributed by atoms with E-state index in [1.165, 1.54) is 6.42 Å². The van der Waals surface area contributed by atoms with E-state index >= 15 is 0 Å². The summed E-state index contributed by atoms with van der Waals surface area (Å²) in [6.07, 6.45) is 6.00. The lowest BCUT2D eigenvalue weighted by Crippen LogP contribution is -2.50. The van der Waals surface area contributed by atoms with Crippen LogP contribution in [0.1, 0.15) is 79.6 Å². The van der Waals surface area contributed by atoms with E-state index in [1.807, 2.05) is 0 Å². The van der Waals surface area contributed by atoms with Crippen molar-refractivity contribution < 1.29 is 9.84 Å². The molecule has 4 fully saturated rings. The molecular weight excluding hydrogens is 302 g/mol. The maximum atomic E-state index is 11.7. The Morgan fingerprint density at radius 3 is 2.17 bits per heavy atom. The van der Waals surface area contributed by atoms with Gasteiger partial charge in [-0.15, -0.1) is 0 Å². The van der Waals surface area contributed by atoms with Crippen LogP contribution in [0.3, 0.4) is 0 Å². The van der Waals surface area contributed by atoms with E-state index in [2.05, 4.69) is 39.8 Å². The van der Waals surface area contributed by atoms with Crippen LogP contribution in [-0.4, -0.2) is 22.5 Å². The van der Waals surface area contributed by atoms with E-state index in [9.17, 15) is 10.0 Å². The van der Waals surface area contributed by atoms with Gasteiger partial charge >= 0.3 is 0 Å². The highest BCUT2D eigenvalue weighted by Crippen LogP contribution is 2.66. The largest absolute Gasteiger partial charge is 0.368 e. The van der Waals surface area contributed by atoms with Gasteiger partial charge in [0, 0.05) is 5.92 Å². The Labute approximate surface area is 146 Å². The maximum Gasteiger partial charge on any atom is 0.158 e. The quantitative estimate of drug-likeness (QED) is 0.531. The second-order valence-corrected chi connectivity index (χ2v) is 10.4. The Morgan fingerprint density at radius 1 is 1.12 bits per heavy atom. The molecule has 1 N–H and O–H groups in total. The Balaban J connectivity index is 1.77. The average molecular weight is 338 g/mol. The predicted molar refractivity (Wildman–Crippen MR) is 95.4 cm³/mol. The van der Waals surface area contributed by atoms with E-state index in [-0.39, 0.29) is 11.3 Å². The van der Waals surface area contributed by atoms with Crippen molar-refractivity contribution in [2.75, 3.05) is 0 Å². The van der Waals surface area contributed by atoms with Crippen molar-refractivity contribution in [3.8, 4) is 0 Å². The summed E-state index contributed by atoms with van der Waals surface area (Å²) in [5, 5.41) is 14.6. The summed E-state index contributed by atoms with van der Waals surface area (Å²) in [5.74, 6) is 1.81. The molecule has 0 aromatic heterocycles. The van der Waals surface area contributed by atoms with Crippen LogP contribution in [0.5, 0.6) is 0 Å². The summed E-state index contributed by atoms with van der Waals surface area (Å²) in [7, 11) is 0. The van der Waals surface area contributed by atoms with Crippen LogP contribution in [0, 0.1) is 34.0 Å². The lowest BCUT2D eigenvalue weighted by atomic mass is 9.76. The van der Waals surface area contributed by atoms with Crippen molar-refractivity contribution in [3.05, 3.63) is 4.91 Å². The fourth-order valence-electron chi connectivity index (χ4n) is 5.95. The SMILES string of the molecule is CC(C)CCC(C(O)OC12CC3CC(CC1(N=O)C3)C2)C(C)(C)C. The van der Waals surface area contributed by atoms with Crippen LogP contribution >= 0.6 is 0 Å². The molecule has 0 aliphatic heterocycles. The average Bonchev–Trinajstić information content (AvgIpc) is 2.77. The smallest absolute Gasteiger partial charge is 0.158 e. The minimum atomic E-state index is -0.805. The molecule has 138 valence electrons. The molecule has 0 aromatic carbocycles. The van der Waals surface area contributed by atoms with E-state index in [0.717, 1.165) is 38.5 Å². The van der Waals surface area contributed by atoms with Gasteiger partial charge < -0.3 is 9.84 Å². The van der Waals surface area contributed by atoms with Crippen molar-refractivity contribution in [3.63, 3.8) is 0 Å². The van der Waals surface area contributed by atoms with Gasteiger partial charge in [-0.2, -0.15) is 4.91 Å². The summed E-state index contributed by atoms with van der Waals surface area (Å²) < 4.78 is 6.40. The van der Waals surface area contributed by atoms with Gasteiger partial charge in [0.05, 0.1) is 0 Å². The normalized spacial score (nSPS) is 40.3. The van der Waals surface area contributed by atoms with Crippen molar-refractivity contribution >= 4 is 0 Å². The molecule has 4 rings (SSSR count). The molecule has 24 heavy (non-hydrogen) atoms. The summed E-state index contributed by atoms with van der Waals surface area (Å²) >= 11 is 0. The lowest BCUT2D eigenvalue weighted by Gasteiger charge is -2.42. The van der Waals surface area contributed by atoms with Gasteiger partial charge in [0.2, 0.25) is 0 Å². The summed E-state index contributed by atoms with van der Waals surface area (Å²) in [5.41, 5.74) is -1.09. The number of nitroso groups, excluding NO2 is 1. The van der Waals surface area contributed by atoms with Gasteiger partial charge in [0.25, 0.3) is 0 Å². The molecule has 4 unspecified atom stereocenters. The van der Waals surface area contributed by atoms with Crippen LogP contribution in [0.2, 0.25) is 0 Å². The Bertz CT molecular complexity index is 468. The first-order valence-electron chi connectivity index (χ1n) is 9.81. The molecule has 0 heterocycles. The number of rotatable bonds is 7. The van der Waals surface area contributed by atoms with Crippen molar-refractivity contribution in [1.29, 1.82) is 0 Å². The third-order valence-electron chi connectivity index (χ3n) is 7.04. The molecule has 0 saturated heterocycles. The van der Waals surface area contributed by atoms with Gasteiger partial charge in [-0.1, -0.05) is 46.2 Å². The summed E-state index contributed by atoms with van der Waals surface area (Å²) in [6, 6.07) is 0. The Hall–Kier alpha value is -0.480. The molecular formula is C20H35NO3. The molecule has 0 aromatic rings. The number of aliphatic hydroxyl groups is 1. The number of aliphatic hydroxyl groups excluding tert-OH is 1. The highest BCUT2D eigenvalue weighted by molar-refractivity contribution is 5.23. The maximum absolute atomic E-state index is 11.7. The van der Waals surface area contributed by atoms with Gasteiger partial charge in [0.1, 0.15) is 11.1 Å². The van der Waals surface area contributed by atoms with E-state index < -0.39 is 17.4 Å². The molecule has 0 amide bonds. The van der Waals surface area contributed by atoms with Gasteiger partial charge in [-0.3, -0.25) is 0 Å². The summed E-state index contributed by atoms with van der Waals surface area (Å²) in [4.78, 5) is 11.7. The Kier molecular flexibility index (Phi) is 4.62. The second-order valence-electron chi connectivity index (χ2n) is 10.4. The highest BCUT2D eigenvalue weighted by atomic mass is 16.6. The first kappa shape index (κ1) is 18.3. The molecule has 4 nitrogen and oxygen atoms in total. The lowest BCUT2D eigenvalue weighted by molar-refractivity contribution is -0.236. The molecule has 4 aliphatic rings. The molecule has 0 spiro atoms. The number of hydrogen-bond donors (Lipinski definition) is 1. The van der Waals surface area contributed by atoms with E-state index in [0.29, 0.717) is 17.8 Å². The van der Waals surface area contributed by atoms with Crippen molar-refractivity contribution in [2.45, 2.75) is 97.0 Å². The zero-order chi connectivity index (χ0) is 17.8. The fourth-order valence-corrected chi connectivity index (χ4v) is 5.95. The van der Waals surface area contributed by atoms with Gasteiger partial charge in [-0.05, 0) is 61.7 Å². The zero-order valence-corrected chi connectivity index (χ0v) is 16.0. The fraction of sp³-hybridized carbons (Fsp3) is 1.00. The minimum Gasteiger partial charge on any atom is -0.368 e. The van der Waals surface area contributed by atoms with Crippen LogP contribution < -0.4 is 0 Å². The number of nitrogens with zero attached hydrogens (tertiary/aromatic N) is 1.